The van der Waals surface area contributed by atoms with Crippen molar-refractivity contribution in [2.24, 2.45) is 0 Å². The van der Waals surface area contributed by atoms with Crippen LogP contribution in [0.4, 0.5) is 22.0 Å². The van der Waals surface area contributed by atoms with Gasteiger partial charge in [-0.25, -0.2) is 14.8 Å². The van der Waals surface area contributed by atoms with Crippen molar-refractivity contribution in [2.45, 2.75) is 6.42 Å². The molecule has 0 bridgehead atoms. The van der Waals surface area contributed by atoms with Gasteiger partial charge in [0.25, 0.3) is 0 Å². The SMILES string of the molecule is O=C(N1CCOCC1)N1CCc2ccc(-c3nccc(Nc4ccc5[nH]ncc5c4)n3)cc21. The number of H-pyrrole nitrogens is 1. The number of hydrogen-bond acceptors (Lipinski definition) is 6. The highest BCUT2D eigenvalue weighted by Gasteiger charge is 2.29. The maximum Gasteiger partial charge on any atom is 0.324 e. The first-order valence-electron chi connectivity index (χ1n) is 11.1. The number of nitrogens with one attached hydrogen (secondary N) is 2. The predicted molar refractivity (Wildman–Crippen MR) is 126 cm³/mol. The minimum Gasteiger partial charge on any atom is -0.378 e. The number of morpholine rings is 1. The van der Waals surface area contributed by atoms with Crippen molar-refractivity contribution in [3.63, 3.8) is 0 Å². The minimum absolute atomic E-state index is 0.0418. The smallest absolute Gasteiger partial charge is 0.324 e. The van der Waals surface area contributed by atoms with Gasteiger partial charge in [-0.05, 0) is 42.3 Å². The Morgan fingerprint density at radius 2 is 1.97 bits per heavy atom. The Kier molecular flexibility index (Phi) is 4.88. The summed E-state index contributed by atoms with van der Waals surface area (Å²) in [7, 11) is 0. The summed E-state index contributed by atoms with van der Waals surface area (Å²) in [6.45, 7) is 3.13. The topological polar surface area (TPSA) is 99.3 Å². The third-order valence-electron chi connectivity index (χ3n) is 6.12. The van der Waals surface area contributed by atoms with E-state index < -0.39 is 0 Å². The van der Waals surface area contributed by atoms with Crippen LogP contribution in [0.2, 0.25) is 0 Å². The summed E-state index contributed by atoms with van der Waals surface area (Å²) in [5, 5.41) is 11.4. The van der Waals surface area contributed by atoms with Gasteiger partial charge in [-0.1, -0.05) is 12.1 Å². The highest BCUT2D eigenvalue weighted by molar-refractivity contribution is 5.95. The summed E-state index contributed by atoms with van der Waals surface area (Å²) in [5.74, 6) is 1.31. The number of urea groups is 1. The van der Waals surface area contributed by atoms with E-state index in [9.17, 15) is 4.79 Å². The lowest BCUT2D eigenvalue weighted by atomic mass is 10.1. The molecule has 1 saturated heterocycles. The lowest BCUT2D eigenvalue weighted by Gasteiger charge is -2.31. The summed E-state index contributed by atoms with van der Waals surface area (Å²) in [6, 6.07) is 14.0. The van der Waals surface area contributed by atoms with Crippen molar-refractivity contribution in [3.05, 3.63) is 60.4 Å². The number of aromatic amines is 1. The first kappa shape index (κ1) is 19.7. The number of carbonyl (C=O) groups is 1. The normalized spacial score (nSPS) is 15.6. The number of carbonyl (C=O) groups excluding carboxylic acids is 1. The second-order valence-corrected chi connectivity index (χ2v) is 8.19. The van der Waals surface area contributed by atoms with Gasteiger partial charge in [0.1, 0.15) is 5.82 Å². The fraction of sp³-hybridized carbons (Fsp3) is 0.250. The molecule has 6 rings (SSSR count). The van der Waals surface area contributed by atoms with Gasteiger partial charge in [-0.3, -0.25) is 10.00 Å². The molecule has 9 heteroatoms. The summed E-state index contributed by atoms with van der Waals surface area (Å²) in [5.41, 5.74) is 4.90. The van der Waals surface area contributed by atoms with Crippen molar-refractivity contribution >= 4 is 34.1 Å². The Balaban J connectivity index is 1.26. The lowest BCUT2D eigenvalue weighted by Crippen LogP contribution is -2.47. The molecule has 1 fully saturated rings. The van der Waals surface area contributed by atoms with Crippen LogP contribution in [0, 0.1) is 0 Å². The standard InChI is InChI=1S/C24H23N7O2/c32-24(30-9-11-33-12-10-30)31-8-6-16-1-2-17(14-21(16)31)23-25-7-5-22(28-23)27-19-3-4-20-18(13-19)15-26-29-20/h1-5,7,13-15H,6,8-12H2,(H,26,29)(H,25,27,28). The van der Waals surface area contributed by atoms with Gasteiger partial charge >= 0.3 is 6.03 Å². The molecule has 0 spiro atoms. The van der Waals surface area contributed by atoms with Crippen molar-refractivity contribution < 1.29 is 9.53 Å². The monoisotopic (exact) mass is 441 g/mol. The highest BCUT2D eigenvalue weighted by atomic mass is 16.5. The van der Waals surface area contributed by atoms with E-state index in [0.717, 1.165) is 34.3 Å². The molecule has 2 aliphatic rings. The molecular formula is C24H23N7O2. The molecule has 2 aromatic carbocycles. The van der Waals surface area contributed by atoms with Gasteiger partial charge in [0, 0.05) is 48.2 Å². The zero-order valence-electron chi connectivity index (χ0n) is 18.0. The van der Waals surface area contributed by atoms with Gasteiger partial charge in [-0.2, -0.15) is 5.10 Å². The third-order valence-corrected chi connectivity index (χ3v) is 6.12. The van der Waals surface area contributed by atoms with Crippen LogP contribution in [0.25, 0.3) is 22.3 Å². The van der Waals surface area contributed by atoms with Gasteiger partial charge in [-0.15, -0.1) is 0 Å². The van der Waals surface area contributed by atoms with Crippen molar-refractivity contribution in [2.75, 3.05) is 43.1 Å². The van der Waals surface area contributed by atoms with E-state index in [4.69, 9.17) is 9.72 Å². The van der Waals surface area contributed by atoms with E-state index in [-0.39, 0.29) is 6.03 Å². The first-order chi connectivity index (χ1) is 16.2. The van der Waals surface area contributed by atoms with Gasteiger partial charge in [0.15, 0.2) is 5.82 Å². The molecular weight excluding hydrogens is 418 g/mol. The van der Waals surface area contributed by atoms with E-state index in [1.807, 2.05) is 46.2 Å². The molecule has 0 saturated carbocycles. The number of hydrogen-bond donors (Lipinski definition) is 2. The second-order valence-electron chi connectivity index (χ2n) is 8.19. The van der Waals surface area contributed by atoms with E-state index in [0.29, 0.717) is 44.5 Å². The Morgan fingerprint density at radius 3 is 2.88 bits per heavy atom. The van der Waals surface area contributed by atoms with Crippen LogP contribution in [0.3, 0.4) is 0 Å². The Bertz CT molecular complexity index is 1330. The van der Waals surface area contributed by atoms with Gasteiger partial charge < -0.3 is 15.0 Å². The van der Waals surface area contributed by atoms with Crippen LogP contribution in [-0.4, -0.2) is 63.9 Å². The Morgan fingerprint density at radius 1 is 1.06 bits per heavy atom. The summed E-state index contributed by atoms with van der Waals surface area (Å²) in [4.78, 5) is 26.0. The number of fused-ring (bicyclic) bond motifs is 2. The molecule has 4 aromatic rings. The molecule has 2 aromatic heterocycles. The molecule has 4 heterocycles. The molecule has 2 N–H and O–H groups in total. The van der Waals surface area contributed by atoms with Crippen LogP contribution in [-0.2, 0) is 11.2 Å². The number of ether oxygens (including phenoxy) is 1. The molecule has 2 aliphatic heterocycles. The molecule has 0 radical (unpaired) electrons. The fourth-order valence-electron chi connectivity index (χ4n) is 4.38. The minimum atomic E-state index is 0.0418. The Labute approximate surface area is 190 Å². The maximum atomic E-state index is 13.1. The molecule has 2 amide bonds. The molecule has 0 unspecified atom stereocenters. The number of rotatable bonds is 3. The summed E-state index contributed by atoms with van der Waals surface area (Å²) in [6.07, 6.45) is 4.38. The third kappa shape index (κ3) is 3.76. The molecule has 0 atom stereocenters. The number of anilines is 3. The zero-order chi connectivity index (χ0) is 22.2. The van der Waals surface area contributed by atoms with Gasteiger partial charge in [0.2, 0.25) is 0 Å². The number of nitrogens with zero attached hydrogens (tertiary/aromatic N) is 5. The van der Waals surface area contributed by atoms with Crippen LogP contribution < -0.4 is 10.2 Å². The summed E-state index contributed by atoms with van der Waals surface area (Å²) >= 11 is 0. The first-order valence-corrected chi connectivity index (χ1v) is 11.1. The van der Waals surface area contributed by atoms with E-state index in [2.05, 4.69) is 26.6 Å². The van der Waals surface area contributed by atoms with Crippen LogP contribution in [0.15, 0.2) is 54.9 Å². The maximum absolute atomic E-state index is 13.1. The molecule has 166 valence electrons. The zero-order valence-corrected chi connectivity index (χ0v) is 18.0. The molecule has 0 aliphatic carbocycles. The van der Waals surface area contributed by atoms with Crippen LogP contribution >= 0.6 is 0 Å². The number of aromatic nitrogens is 4. The summed E-state index contributed by atoms with van der Waals surface area (Å²) < 4.78 is 5.39. The van der Waals surface area contributed by atoms with E-state index >= 15 is 0 Å². The lowest BCUT2D eigenvalue weighted by molar-refractivity contribution is 0.0550. The number of benzene rings is 2. The largest absolute Gasteiger partial charge is 0.378 e. The second kappa shape index (κ2) is 8.18. The van der Waals surface area contributed by atoms with Crippen LogP contribution in [0.1, 0.15) is 5.56 Å². The van der Waals surface area contributed by atoms with Crippen molar-refractivity contribution in [3.8, 4) is 11.4 Å². The van der Waals surface area contributed by atoms with Crippen molar-refractivity contribution in [1.29, 1.82) is 0 Å². The molecule has 33 heavy (non-hydrogen) atoms. The quantitative estimate of drug-likeness (QED) is 0.504. The van der Waals surface area contributed by atoms with Gasteiger partial charge in [0.05, 0.1) is 24.9 Å². The number of amides is 2. The van der Waals surface area contributed by atoms with E-state index in [1.165, 1.54) is 5.56 Å². The predicted octanol–water partition coefficient (Wildman–Crippen LogP) is 3.58. The molecule has 9 nitrogen and oxygen atoms in total. The Hall–Kier alpha value is -3.98. The fourth-order valence-corrected chi connectivity index (χ4v) is 4.38. The van der Waals surface area contributed by atoms with Crippen LogP contribution in [0.5, 0.6) is 0 Å². The highest BCUT2D eigenvalue weighted by Crippen LogP contribution is 2.33. The average molecular weight is 441 g/mol. The average Bonchev–Trinajstić information content (AvgIpc) is 3.50. The van der Waals surface area contributed by atoms with E-state index in [1.54, 1.807) is 12.4 Å². The van der Waals surface area contributed by atoms with Crippen molar-refractivity contribution in [1.82, 2.24) is 25.1 Å².